The van der Waals surface area contributed by atoms with Crippen LogP contribution in [-0.4, -0.2) is 125 Å². The van der Waals surface area contributed by atoms with Crippen molar-refractivity contribution in [1.82, 2.24) is 0 Å². The lowest BCUT2D eigenvalue weighted by atomic mass is 9.99. The molecule has 7 N–H and O–H groups in total. The highest BCUT2D eigenvalue weighted by atomic mass is 32.3. The topological polar surface area (TPSA) is 222 Å². The van der Waals surface area contributed by atoms with Gasteiger partial charge in [0.05, 0.1) is 19.8 Å². The molecule has 0 unspecified atom stereocenters. The molecule has 35 heavy (non-hydrogen) atoms. The third kappa shape index (κ3) is 7.98. The zero-order valence-electron chi connectivity index (χ0n) is 19.6. The number of aliphatic hydroxyl groups excluding tert-OH is 7. The summed E-state index contributed by atoms with van der Waals surface area (Å²) in [5.74, 6) is -2.50. The molecule has 2 heterocycles. The summed E-state index contributed by atoms with van der Waals surface area (Å²) in [5, 5.41) is 69.7. The van der Waals surface area contributed by atoms with Gasteiger partial charge in [-0.2, -0.15) is 8.42 Å². The summed E-state index contributed by atoms with van der Waals surface area (Å²) in [7, 11) is -4.61. The molecule has 0 aliphatic carbocycles. The van der Waals surface area contributed by atoms with Gasteiger partial charge in [-0.3, -0.25) is 0 Å². The maximum atomic E-state index is 12.2. The molecule has 2 aliphatic rings. The average molecular weight is 535 g/mol. The Morgan fingerprint density at radius 3 is 2.03 bits per heavy atom. The van der Waals surface area contributed by atoms with E-state index in [4.69, 9.17) is 22.6 Å². The second-order valence-corrected chi connectivity index (χ2v) is 9.95. The Labute approximate surface area is 204 Å². The molecule has 0 aromatic rings. The molecular weight excluding hydrogens is 496 g/mol. The minimum absolute atomic E-state index is 0.152. The predicted molar refractivity (Wildman–Crippen MR) is 116 cm³/mol. The van der Waals surface area contributed by atoms with E-state index in [0.29, 0.717) is 6.42 Å². The maximum absolute atomic E-state index is 12.2. The van der Waals surface area contributed by atoms with Crippen molar-refractivity contribution in [3.63, 3.8) is 0 Å². The van der Waals surface area contributed by atoms with Crippen LogP contribution < -0.4 is 0 Å². The van der Waals surface area contributed by atoms with Gasteiger partial charge in [0.2, 0.25) is 5.79 Å². The Kier molecular flexibility index (Phi) is 12.1. The van der Waals surface area contributed by atoms with E-state index in [0.717, 1.165) is 32.1 Å². The molecule has 9 atom stereocenters. The fourth-order valence-corrected chi connectivity index (χ4v) is 4.55. The van der Waals surface area contributed by atoms with Gasteiger partial charge in [0.1, 0.15) is 49.3 Å². The van der Waals surface area contributed by atoms with Crippen molar-refractivity contribution < 1.29 is 66.7 Å². The first-order chi connectivity index (χ1) is 16.5. The minimum Gasteiger partial charge on any atom is -0.394 e. The Bertz CT molecular complexity index is 721. The molecule has 2 aliphatic heterocycles. The molecule has 2 rings (SSSR count). The Hall–Kier alpha value is -0.530. The van der Waals surface area contributed by atoms with Crippen LogP contribution in [0.1, 0.15) is 45.4 Å². The molecule has 0 spiro atoms. The van der Waals surface area contributed by atoms with Gasteiger partial charge in [0, 0.05) is 0 Å². The molecule has 15 heteroatoms. The standard InChI is InChI=1S/C20H38O14S/c1-2-3-4-5-6-7-8-30-35(28,29)31-11-20(18(27)15(24)13(10-22)33-20)34-19-17(26)16(25)14(23)12(9-21)32-19/h12-19,21-27H,2-11H2,1H3/t12-,13-,14-,15-,16+,17-,18+,19-,20+/m1/s1. The van der Waals surface area contributed by atoms with E-state index in [-0.39, 0.29) is 6.61 Å². The molecule has 0 saturated carbocycles. The summed E-state index contributed by atoms with van der Waals surface area (Å²) >= 11 is 0. The first kappa shape index (κ1) is 30.7. The van der Waals surface area contributed by atoms with Crippen molar-refractivity contribution in [1.29, 1.82) is 0 Å². The molecule has 0 bridgehead atoms. The highest BCUT2D eigenvalue weighted by molar-refractivity contribution is 7.81. The van der Waals surface area contributed by atoms with Crippen LogP contribution >= 0.6 is 0 Å². The smallest absolute Gasteiger partial charge is 0.394 e. The quantitative estimate of drug-likeness (QED) is 0.106. The van der Waals surface area contributed by atoms with Gasteiger partial charge >= 0.3 is 10.4 Å². The van der Waals surface area contributed by atoms with Gasteiger partial charge in [-0.25, -0.2) is 8.37 Å². The number of hydrogen-bond donors (Lipinski definition) is 7. The molecule has 0 aromatic carbocycles. The fraction of sp³-hybridized carbons (Fsp3) is 1.00. The molecular formula is C20H38O14S. The molecule has 0 amide bonds. The fourth-order valence-electron chi connectivity index (χ4n) is 3.85. The number of rotatable bonds is 15. The molecule has 2 saturated heterocycles. The van der Waals surface area contributed by atoms with E-state index in [1.165, 1.54) is 0 Å². The summed E-state index contributed by atoms with van der Waals surface area (Å²) in [5.41, 5.74) is 0. The minimum atomic E-state index is -4.61. The summed E-state index contributed by atoms with van der Waals surface area (Å²) < 4.78 is 50.1. The monoisotopic (exact) mass is 534 g/mol. The van der Waals surface area contributed by atoms with Crippen LogP contribution in [0.15, 0.2) is 0 Å². The largest absolute Gasteiger partial charge is 0.400 e. The van der Waals surface area contributed by atoms with Crippen LogP contribution in [0, 0.1) is 0 Å². The third-order valence-electron chi connectivity index (χ3n) is 5.98. The first-order valence-corrected chi connectivity index (χ1v) is 13.0. The Morgan fingerprint density at radius 2 is 1.43 bits per heavy atom. The van der Waals surface area contributed by atoms with Gasteiger partial charge in [0.25, 0.3) is 0 Å². The summed E-state index contributed by atoms with van der Waals surface area (Å²) in [4.78, 5) is 0. The maximum Gasteiger partial charge on any atom is 0.400 e. The van der Waals surface area contributed by atoms with Crippen LogP contribution in [0.25, 0.3) is 0 Å². The van der Waals surface area contributed by atoms with Crippen molar-refractivity contribution in [3.8, 4) is 0 Å². The van der Waals surface area contributed by atoms with E-state index in [1.54, 1.807) is 0 Å². The molecule has 14 nitrogen and oxygen atoms in total. The summed E-state index contributed by atoms with van der Waals surface area (Å²) in [6.45, 7) is -0.733. The van der Waals surface area contributed by atoms with Crippen LogP contribution in [0.2, 0.25) is 0 Å². The molecule has 0 radical (unpaired) electrons. The van der Waals surface area contributed by atoms with Crippen LogP contribution in [0.4, 0.5) is 0 Å². The van der Waals surface area contributed by atoms with E-state index < -0.39 is 85.0 Å². The first-order valence-electron chi connectivity index (χ1n) is 11.7. The Balaban J connectivity index is 2.07. The van der Waals surface area contributed by atoms with Gasteiger partial charge in [-0.05, 0) is 6.42 Å². The second kappa shape index (κ2) is 13.9. The number of unbranched alkanes of at least 4 members (excludes halogenated alkanes) is 5. The summed E-state index contributed by atoms with van der Waals surface area (Å²) in [6, 6.07) is 0. The van der Waals surface area contributed by atoms with Crippen LogP contribution in [0.3, 0.4) is 0 Å². The molecule has 0 aromatic heterocycles. The van der Waals surface area contributed by atoms with Crippen molar-refractivity contribution in [2.24, 2.45) is 0 Å². The highest BCUT2D eigenvalue weighted by Crippen LogP contribution is 2.37. The van der Waals surface area contributed by atoms with Crippen LogP contribution in [0.5, 0.6) is 0 Å². The van der Waals surface area contributed by atoms with E-state index in [9.17, 15) is 44.2 Å². The van der Waals surface area contributed by atoms with E-state index >= 15 is 0 Å². The van der Waals surface area contributed by atoms with Gasteiger partial charge in [-0.15, -0.1) is 0 Å². The van der Waals surface area contributed by atoms with Gasteiger partial charge in [-0.1, -0.05) is 39.0 Å². The SMILES string of the molecule is CCCCCCCCOS(=O)(=O)OC[C@@]1(O[C@H]2O[C@H](CO)[C@@H](O)[C@H](O)[C@H]2O)O[C@H](CO)[C@@H](O)[C@@H]1O. The van der Waals surface area contributed by atoms with E-state index in [1.807, 2.05) is 0 Å². The van der Waals surface area contributed by atoms with Gasteiger partial charge in [0.15, 0.2) is 6.29 Å². The van der Waals surface area contributed by atoms with Crippen molar-refractivity contribution in [2.75, 3.05) is 26.4 Å². The normalized spacial score (nSPS) is 38.2. The highest BCUT2D eigenvalue weighted by Gasteiger charge is 2.59. The summed E-state index contributed by atoms with van der Waals surface area (Å²) in [6.07, 6.45) is -8.55. The second-order valence-electron chi connectivity index (χ2n) is 8.66. The lowest BCUT2D eigenvalue weighted by Crippen LogP contribution is -2.62. The predicted octanol–water partition coefficient (Wildman–Crippen LogP) is -2.75. The molecule has 2 fully saturated rings. The molecule has 208 valence electrons. The van der Waals surface area contributed by atoms with Crippen molar-refractivity contribution >= 4 is 10.4 Å². The lowest BCUT2D eigenvalue weighted by molar-refractivity contribution is -0.382. The zero-order valence-corrected chi connectivity index (χ0v) is 20.4. The third-order valence-corrected chi connectivity index (χ3v) is 6.84. The lowest BCUT2D eigenvalue weighted by Gasteiger charge is -2.43. The van der Waals surface area contributed by atoms with Crippen molar-refractivity contribution in [3.05, 3.63) is 0 Å². The van der Waals surface area contributed by atoms with Crippen LogP contribution in [-0.2, 0) is 33.0 Å². The number of hydrogen-bond acceptors (Lipinski definition) is 14. The Morgan fingerprint density at radius 1 is 0.800 bits per heavy atom. The van der Waals surface area contributed by atoms with Crippen molar-refractivity contribution in [2.45, 2.75) is 100 Å². The van der Waals surface area contributed by atoms with Gasteiger partial charge < -0.3 is 50.0 Å². The zero-order chi connectivity index (χ0) is 26.2. The number of ether oxygens (including phenoxy) is 3. The van der Waals surface area contributed by atoms with E-state index in [2.05, 4.69) is 6.92 Å². The number of aliphatic hydroxyl groups is 7. The average Bonchev–Trinajstić information content (AvgIpc) is 3.07.